The zero-order valence-corrected chi connectivity index (χ0v) is 16.6. The number of carbonyl (C=O) groups is 1. The van der Waals surface area contributed by atoms with Crippen molar-refractivity contribution in [3.8, 4) is 0 Å². The molecule has 4 aromatic rings. The molecule has 0 bridgehead atoms. The van der Waals surface area contributed by atoms with Crippen molar-refractivity contribution in [3.63, 3.8) is 0 Å². The number of para-hydroxylation sites is 2. The summed E-state index contributed by atoms with van der Waals surface area (Å²) in [5, 5.41) is 3.68. The van der Waals surface area contributed by atoms with Gasteiger partial charge in [0.2, 0.25) is 5.91 Å². The molecule has 4 rings (SSSR count). The molecule has 2 N–H and O–H groups in total. The highest BCUT2D eigenvalue weighted by Crippen LogP contribution is 2.18. The van der Waals surface area contributed by atoms with Crippen LogP contribution in [0, 0.1) is 12.8 Å². The van der Waals surface area contributed by atoms with Gasteiger partial charge in [-0.05, 0) is 37.3 Å². The topological polar surface area (TPSA) is 75.6 Å². The highest BCUT2D eigenvalue weighted by atomic mass is 35.5. The number of rotatable bonds is 6. The van der Waals surface area contributed by atoms with Gasteiger partial charge in [-0.15, -0.1) is 0 Å². The van der Waals surface area contributed by atoms with Crippen LogP contribution in [0.1, 0.15) is 18.6 Å². The van der Waals surface area contributed by atoms with Gasteiger partial charge in [0.05, 0.1) is 28.0 Å². The number of H-pyrrole nitrogens is 1. The van der Waals surface area contributed by atoms with Gasteiger partial charge in [-0.2, -0.15) is 0 Å². The van der Waals surface area contributed by atoms with Crippen LogP contribution < -0.4 is 5.32 Å². The average Bonchev–Trinajstić information content (AvgIpc) is 3.21. The molecule has 0 saturated carbocycles. The first-order valence-corrected chi connectivity index (χ1v) is 9.73. The Labute approximate surface area is 167 Å². The lowest BCUT2D eigenvalue weighted by Crippen LogP contribution is -2.33. The molecule has 28 heavy (non-hydrogen) atoms. The van der Waals surface area contributed by atoms with E-state index in [0.717, 1.165) is 33.7 Å². The Kier molecular flexibility index (Phi) is 5.05. The van der Waals surface area contributed by atoms with E-state index in [-0.39, 0.29) is 11.8 Å². The van der Waals surface area contributed by atoms with Gasteiger partial charge in [0, 0.05) is 24.5 Å². The Morgan fingerprint density at radius 3 is 2.89 bits per heavy atom. The van der Waals surface area contributed by atoms with Gasteiger partial charge < -0.3 is 14.9 Å². The number of nitrogens with one attached hydrogen (secondary N) is 2. The molecule has 7 heteroatoms. The first kappa shape index (κ1) is 18.5. The van der Waals surface area contributed by atoms with E-state index < -0.39 is 0 Å². The number of aromatic amines is 1. The van der Waals surface area contributed by atoms with Crippen LogP contribution in [0.15, 0.2) is 42.5 Å². The SMILES string of the molecule is Cc1nc2ccccc2n1C[C@H](C)C(=O)NCCc1nc2ccc(Cl)cc2[nH]1. The maximum absolute atomic E-state index is 12.5. The predicted octanol–water partition coefficient (Wildman–Crippen LogP) is 3.87. The van der Waals surface area contributed by atoms with E-state index in [1.54, 1.807) is 0 Å². The van der Waals surface area contributed by atoms with E-state index in [1.807, 2.05) is 56.3 Å². The summed E-state index contributed by atoms with van der Waals surface area (Å²) < 4.78 is 2.10. The minimum absolute atomic E-state index is 0.0244. The number of nitrogens with zero attached hydrogens (tertiary/aromatic N) is 3. The van der Waals surface area contributed by atoms with E-state index in [0.29, 0.717) is 24.5 Å². The first-order valence-electron chi connectivity index (χ1n) is 9.35. The normalized spacial score (nSPS) is 12.5. The summed E-state index contributed by atoms with van der Waals surface area (Å²) in [6.45, 7) is 5.03. The van der Waals surface area contributed by atoms with Crippen molar-refractivity contribution in [2.24, 2.45) is 5.92 Å². The molecule has 2 aromatic heterocycles. The van der Waals surface area contributed by atoms with E-state index in [9.17, 15) is 4.79 Å². The molecule has 2 aromatic carbocycles. The van der Waals surface area contributed by atoms with Crippen molar-refractivity contribution in [1.29, 1.82) is 0 Å². The lowest BCUT2D eigenvalue weighted by atomic mass is 10.1. The van der Waals surface area contributed by atoms with Gasteiger partial charge in [-0.1, -0.05) is 30.7 Å². The molecule has 0 saturated heterocycles. The minimum Gasteiger partial charge on any atom is -0.355 e. The summed E-state index contributed by atoms with van der Waals surface area (Å²) in [6, 6.07) is 13.5. The second-order valence-corrected chi connectivity index (χ2v) is 7.48. The summed E-state index contributed by atoms with van der Waals surface area (Å²) in [5.74, 6) is 1.62. The fourth-order valence-electron chi connectivity index (χ4n) is 3.41. The van der Waals surface area contributed by atoms with Crippen molar-refractivity contribution >= 4 is 39.6 Å². The Hall–Kier alpha value is -2.86. The highest BCUT2D eigenvalue weighted by molar-refractivity contribution is 6.31. The van der Waals surface area contributed by atoms with Crippen LogP contribution >= 0.6 is 11.6 Å². The monoisotopic (exact) mass is 395 g/mol. The molecule has 0 radical (unpaired) electrons. The van der Waals surface area contributed by atoms with Gasteiger partial charge in [0.15, 0.2) is 0 Å². The molecule has 0 unspecified atom stereocenters. The minimum atomic E-state index is -0.161. The molecule has 2 heterocycles. The number of imidazole rings is 2. The third-order valence-corrected chi connectivity index (χ3v) is 5.14. The zero-order chi connectivity index (χ0) is 19.7. The number of amides is 1. The number of benzene rings is 2. The fourth-order valence-corrected chi connectivity index (χ4v) is 3.59. The largest absolute Gasteiger partial charge is 0.355 e. The zero-order valence-electron chi connectivity index (χ0n) is 15.9. The van der Waals surface area contributed by atoms with Crippen LogP contribution in [0.25, 0.3) is 22.1 Å². The molecule has 1 amide bonds. The van der Waals surface area contributed by atoms with Crippen LogP contribution in [0.4, 0.5) is 0 Å². The van der Waals surface area contributed by atoms with E-state index in [1.165, 1.54) is 0 Å². The van der Waals surface area contributed by atoms with Crippen LogP contribution in [-0.2, 0) is 17.8 Å². The number of hydrogen-bond acceptors (Lipinski definition) is 3. The number of halogens is 1. The van der Waals surface area contributed by atoms with Gasteiger partial charge >= 0.3 is 0 Å². The van der Waals surface area contributed by atoms with Crippen LogP contribution in [-0.4, -0.2) is 32.0 Å². The molecule has 0 aliphatic carbocycles. The maximum atomic E-state index is 12.5. The molecule has 1 atom stereocenters. The summed E-state index contributed by atoms with van der Waals surface area (Å²) in [7, 11) is 0. The van der Waals surface area contributed by atoms with E-state index >= 15 is 0 Å². The number of carbonyl (C=O) groups excluding carboxylic acids is 1. The van der Waals surface area contributed by atoms with Gasteiger partial charge in [0.1, 0.15) is 11.6 Å². The maximum Gasteiger partial charge on any atom is 0.224 e. The molecule has 0 aliphatic rings. The molecular formula is C21H22ClN5O. The van der Waals surface area contributed by atoms with Crippen molar-refractivity contribution in [3.05, 3.63) is 59.1 Å². The Morgan fingerprint density at radius 2 is 2.04 bits per heavy atom. The second kappa shape index (κ2) is 7.64. The second-order valence-electron chi connectivity index (χ2n) is 7.05. The number of fused-ring (bicyclic) bond motifs is 2. The lowest BCUT2D eigenvalue weighted by molar-refractivity contribution is -0.124. The highest BCUT2D eigenvalue weighted by Gasteiger charge is 2.16. The molecular weight excluding hydrogens is 374 g/mol. The molecule has 0 fully saturated rings. The molecule has 6 nitrogen and oxygen atoms in total. The van der Waals surface area contributed by atoms with Crippen LogP contribution in [0.2, 0.25) is 5.02 Å². The van der Waals surface area contributed by atoms with E-state index in [2.05, 4.69) is 24.8 Å². The summed E-state index contributed by atoms with van der Waals surface area (Å²) in [5.41, 5.74) is 3.80. The van der Waals surface area contributed by atoms with Crippen molar-refractivity contribution < 1.29 is 4.79 Å². The fraction of sp³-hybridized carbons (Fsp3) is 0.286. The molecule has 144 valence electrons. The Balaban J connectivity index is 1.35. The van der Waals surface area contributed by atoms with Gasteiger partial charge in [0.25, 0.3) is 0 Å². The first-order chi connectivity index (χ1) is 13.5. The quantitative estimate of drug-likeness (QED) is 0.520. The smallest absolute Gasteiger partial charge is 0.224 e. The third-order valence-electron chi connectivity index (χ3n) is 4.90. The molecule has 0 aliphatic heterocycles. The van der Waals surface area contributed by atoms with Gasteiger partial charge in [-0.25, -0.2) is 9.97 Å². The Bertz CT molecular complexity index is 1150. The van der Waals surface area contributed by atoms with Crippen LogP contribution in [0.3, 0.4) is 0 Å². The number of aromatic nitrogens is 4. The molecule has 0 spiro atoms. The van der Waals surface area contributed by atoms with Gasteiger partial charge in [-0.3, -0.25) is 4.79 Å². The van der Waals surface area contributed by atoms with Crippen molar-refractivity contribution in [2.75, 3.05) is 6.54 Å². The van der Waals surface area contributed by atoms with Crippen molar-refractivity contribution in [2.45, 2.75) is 26.8 Å². The summed E-state index contributed by atoms with van der Waals surface area (Å²) in [4.78, 5) is 24.9. The predicted molar refractivity (Wildman–Crippen MR) is 111 cm³/mol. The average molecular weight is 396 g/mol. The van der Waals surface area contributed by atoms with E-state index in [4.69, 9.17) is 11.6 Å². The summed E-state index contributed by atoms with van der Waals surface area (Å²) in [6.07, 6.45) is 0.637. The van der Waals surface area contributed by atoms with Crippen LogP contribution in [0.5, 0.6) is 0 Å². The Morgan fingerprint density at radius 1 is 1.21 bits per heavy atom. The number of hydrogen-bond donors (Lipinski definition) is 2. The summed E-state index contributed by atoms with van der Waals surface area (Å²) >= 11 is 6.00. The standard InChI is InChI=1S/C21H22ClN5O/c1-13(12-27-14(2)24-17-5-3-4-6-19(17)27)21(28)23-10-9-20-25-16-8-7-15(22)11-18(16)26-20/h3-8,11,13H,9-10,12H2,1-2H3,(H,23,28)(H,25,26)/t13-/m0/s1. The number of aryl methyl sites for hydroxylation is 1. The lowest BCUT2D eigenvalue weighted by Gasteiger charge is -2.14. The van der Waals surface area contributed by atoms with Crippen molar-refractivity contribution in [1.82, 2.24) is 24.8 Å². The third kappa shape index (κ3) is 3.73.